The summed E-state index contributed by atoms with van der Waals surface area (Å²) < 4.78 is 0. The maximum absolute atomic E-state index is 11.8. The Balaban J connectivity index is 2.34. The first-order valence-electron chi connectivity index (χ1n) is 5.43. The van der Waals surface area contributed by atoms with Gasteiger partial charge in [0.15, 0.2) is 0 Å². The van der Waals surface area contributed by atoms with Crippen LogP contribution in [0.1, 0.15) is 18.1 Å². The molecule has 0 fully saturated rings. The zero-order valence-electron chi connectivity index (χ0n) is 9.31. The third-order valence-corrected chi connectivity index (χ3v) is 2.88. The molecule has 86 valence electrons. The van der Waals surface area contributed by atoms with Crippen molar-refractivity contribution >= 4 is 11.6 Å². The number of fused-ring (bicyclic) bond motifs is 1. The van der Waals surface area contributed by atoms with Crippen LogP contribution in [0.15, 0.2) is 18.2 Å². The van der Waals surface area contributed by atoms with E-state index < -0.39 is 6.04 Å². The van der Waals surface area contributed by atoms with E-state index >= 15 is 0 Å². The number of carbonyl (C=O) groups is 1. The molecule has 0 saturated carbocycles. The molecule has 1 aromatic carbocycles. The minimum absolute atomic E-state index is 0.00646. The van der Waals surface area contributed by atoms with Crippen LogP contribution in [-0.2, 0) is 17.8 Å². The van der Waals surface area contributed by atoms with Crippen LogP contribution in [0.2, 0.25) is 0 Å². The number of rotatable bonds is 2. The SMILES string of the molecule is C[C@H](N)C(=O)N1CCc2ccc(CO)cc21. The molecule has 0 saturated heterocycles. The topological polar surface area (TPSA) is 66.6 Å². The van der Waals surface area contributed by atoms with E-state index in [2.05, 4.69) is 0 Å². The molecule has 1 aromatic rings. The summed E-state index contributed by atoms with van der Waals surface area (Å²) in [5, 5.41) is 9.07. The highest BCUT2D eigenvalue weighted by molar-refractivity contribution is 5.98. The van der Waals surface area contributed by atoms with E-state index in [0.29, 0.717) is 6.54 Å². The van der Waals surface area contributed by atoms with Gasteiger partial charge in [0.25, 0.3) is 0 Å². The number of amides is 1. The number of anilines is 1. The summed E-state index contributed by atoms with van der Waals surface area (Å²) in [4.78, 5) is 13.6. The van der Waals surface area contributed by atoms with E-state index in [1.807, 2.05) is 18.2 Å². The minimum atomic E-state index is -0.483. The fourth-order valence-corrected chi connectivity index (χ4v) is 2.00. The van der Waals surface area contributed by atoms with Crippen molar-refractivity contribution in [1.29, 1.82) is 0 Å². The first-order chi connectivity index (χ1) is 7.63. The van der Waals surface area contributed by atoms with E-state index in [4.69, 9.17) is 10.8 Å². The van der Waals surface area contributed by atoms with Crippen LogP contribution in [0, 0.1) is 0 Å². The number of nitrogens with zero attached hydrogens (tertiary/aromatic N) is 1. The van der Waals surface area contributed by atoms with Gasteiger partial charge in [0.1, 0.15) is 0 Å². The van der Waals surface area contributed by atoms with Gasteiger partial charge in [-0.3, -0.25) is 4.79 Å². The van der Waals surface area contributed by atoms with E-state index in [-0.39, 0.29) is 12.5 Å². The molecule has 0 radical (unpaired) electrons. The van der Waals surface area contributed by atoms with Crippen LogP contribution in [0.25, 0.3) is 0 Å². The summed E-state index contributed by atoms with van der Waals surface area (Å²) in [5.74, 6) is -0.0613. The average Bonchev–Trinajstić information content (AvgIpc) is 2.70. The highest BCUT2D eigenvalue weighted by Gasteiger charge is 2.26. The van der Waals surface area contributed by atoms with Gasteiger partial charge < -0.3 is 15.7 Å². The van der Waals surface area contributed by atoms with Crippen LogP contribution in [-0.4, -0.2) is 23.6 Å². The number of hydrogen-bond donors (Lipinski definition) is 2. The van der Waals surface area contributed by atoms with E-state index in [1.54, 1.807) is 11.8 Å². The lowest BCUT2D eigenvalue weighted by Crippen LogP contribution is -2.41. The van der Waals surface area contributed by atoms with Gasteiger partial charge >= 0.3 is 0 Å². The van der Waals surface area contributed by atoms with Gasteiger partial charge in [-0.1, -0.05) is 12.1 Å². The number of aliphatic hydroxyl groups is 1. The predicted molar refractivity (Wildman–Crippen MR) is 62.1 cm³/mol. The Morgan fingerprint density at radius 3 is 3.00 bits per heavy atom. The van der Waals surface area contributed by atoms with Crippen LogP contribution in [0.5, 0.6) is 0 Å². The second kappa shape index (κ2) is 4.23. The zero-order valence-corrected chi connectivity index (χ0v) is 9.31. The standard InChI is InChI=1S/C12H16N2O2/c1-8(13)12(16)14-5-4-10-3-2-9(7-15)6-11(10)14/h2-3,6,8,15H,4-5,7,13H2,1H3/t8-/m0/s1. The number of carbonyl (C=O) groups excluding carboxylic acids is 1. The fourth-order valence-electron chi connectivity index (χ4n) is 2.00. The Kier molecular flexibility index (Phi) is 2.94. The van der Waals surface area contributed by atoms with Crippen LogP contribution in [0.3, 0.4) is 0 Å². The van der Waals surface area contributed by atoms with Crippen molar-refractivity contribution in [2.75, 3.05) is 11.4 Å². The molecule has 1 aliphatic heterocycles. The fraction of sp³-hybridized carbons (Fsp3) is 0.417. The van der Waals surface area contributed by atoms with Crippen molar-refractivity contribution in [1.82, 2.24) is 0 Å². The molecular formula is C12H16N2O2. The van der Waals surface area contributed by atoms with Crippen molar-refractivity contribution in [3.8, 4) is 0 Å². The normalized spacial score (nSPS) is 16.1. The number of hydrogen-bond acceptors (Lipinski definition) is 3. The maximum Gasteiger partial charge on any atom is 0.243 e. The van der Waals surface area contributed by atoms with E-state index in [1.165, 1.54) is 0 Å². The maximum atomic E-state index is 11.8. The molecule has 3 N–H and O–H groups in total. The summed E-state index contributed by atoms with van der Waals surface area (Å²) in [5.41, 5.74) is 8.47. The van der Waals surface area contributed by atoms with Gasteiger partial charge in [0, 0.05) is 12.2 Å². The largest absolute Gasteiger partial charge is 0.392 e. The molecule has 2 rings (SSSR count). The quantitative estimate of drug-likeness (QED) is 0.759. The summed E-state index contributed by atoms with van der Waals surface area (Å²) in [6.07, 6.45) is 0.861. The van der Waals surface area contributed by atoms with Crippen molar-refractivity contribution in [3.63, 3.8) is 0 Å². The van der Waals surface area contributed by atoms with E-state index in [9.17, 15) is 4.79 Å². The van der Waals surface area contributed by atoms with Gasteiger partial charge in [0.05, 0.1) is 12.6 Å². The lowest BCUT2D eigenvalue weighted by atomic mass is 10.1. The molecule has 1 atom stereocenters. The van der Waals surface area contributed by atoms with Gasteiger partial charge in [-0.05, 0) is 30.5 Å². The molecule has 1 aliphatic rings. The van der Waals surface area contributed by atoms with Gasteiger partial charge in [-0.2, -0.15) is 0 Å². The summed E-state index contributed by atoms with van der Waals surface area (Å²) in [6, 6.07) is 5.24. The summed E-state index contributed by atoms with van der Waals surface area (Å²) in [6.45, 7) is 2.37. The van der Waals surface area contributed by atoms with Crippen LogP contribution < -0.4 is 10.6 Å². The van der Waals surface area contributed by atoms with Gasteiger partial charge in [0.2, 0.25) is 5.91 Å². The zero-order chi connectivity index (χ0) is 11.7. The first-order valence-corrected chi connectivity index (χ1v) is 5.43. The molecule has 1 heterocycles. The smallest absolute Gasteiger partial charge is 0.243 e. The molecule has 1 amide bonds. The first kappa shape index (κ1) is 11.1. The molecule has 0 spiro atoms. The van der Waals surface area contributed by atoms with Crippen LogP contribution in [0.4, 0.5) is 5.69 Å². The Hall–Kier alpha value is -1.39. The Bertz CT molecular complexity index is 415. The third kappa shape index (κ3) is 1.81. The van der Waals surface area contributed by atoms with Crippen molar-refractivity contribution < 1.29 is 9.90 Å². The second-order valence-electron chi connectivity index (χ2n) is 4.15. The van der Waals surface area contributed by atoms with Crippen LogP contribution >= 0.6 is 0 Å². The predicted octanol–water partition coefficient (Wildman–Crippen LogP) is 0.415. The lowest BCUT2D eigenvalue weighted by molar-refractivity contribution is -0.119. The highest BCUT2D eigenvalue weighted by Crippen LogP contribution is 2.29. The molecular weight excluding hydrogens is 204 g/mol. The molecule has 4 nitrogen and oxygen atoms in total. The minimum Gasteiger partial charge on any atom is -0.392 e. The van der Waals surface area contributed by atoms with Crippen molar-refractivity contribution in [2.45, 2.75) is 26.0 Å². The van der Waals surface area contributed by atoms with Gasteiger partial charge in [-0.25, -0.2) is 0 Å². The molecule has 0 aliphatic carbocycles. The number of nitrogens with two attached hydrogens (primary N) is 1. The Labute approximate surface area is 94.7 Å². The van der Waals surface area contributed by atoms with Gasteiger partial charge in [-0.15, -0.1) is 0 Å². The monoisotopic (exact) mass is 220 g/mol. The number of aliphatic hydroxyl groups excluding tert-OH is 1. The number of benzene rings is 1. The average molecular weight is 220 g/mol. The van der Waals surface area contributed by atoms with Crippen molar-refractivity contribution in [3.05, 3.63) is 29.3 Å². The highest BCUT2D eigenvalue weighted by atomic mass is 16.3. The molecule has 0 aromatic heterocycles. The molecule has 4 heteroatoms. The summed E-state index contributed by atoms with van der Waals surface area (Å²) in [7, 11) is 0. The molecule has 0 bridgehead atoms. The second-order valence-corrected chi connectivity index (χ2v) is 4.15. The molecule has 16 heavy (non-hydrogen) atoms. The van der Waals surface area contributed by atoms with Crippen molar-refractivity contribution in [2.24, 2.45) is 5.73 Å². The summed E-state index contributed by atoms with van der Waals surface area (Å²) >= 11 is 0. The Morgan fingerprint density at radius 2 is 2.38 bits per heavy atom. The Morgan fingerprint density at radius 1 is 1.62 bits per heavy atom. The van der Waals surface area contributed by atoms with E-state index in [0.717, 1.165) is 23.2 Å². The molecule has 0 unspecified atom stereocenters. The lowest BCUT2D eigenvalue weighted by Gasteiger charge is -2.19. The third-order valence-electron chi connectivity index (χ3n) is 2.88.